The van der Waals surface area contributed by atoms with Gasteiger partial charge in [-0.2, -0.15) is 0 Å². The number of hydrogen-bond acceptors (Lipinski definition) is 3. The summed E-state index contributed by atoms with van der Waals surface area (Å²) in [5.74, 6) is -0.0624. The predicted octanol–water partition coefficient (Wildman–Crippen LogP) is 4.12. The molecule has 2 aromatic rings. The summed E-state index contributed by atoms with van der Waals surface area (Å²) in [6.45, 7) is 4.71. The number of halogens is 1. The Bertz CT molecular complexity index is 671. The average Bonchev–Trinajstić information content (AvgIpc) is 2.54. The second-order valence-corrected chi connectivity index (χ2v) is 6.44. The van der Waals surface area contributed by atoms with Crippen molar-refractivity contribution < 1.29 is 14.6 Å². The van der Waals surface area contributed by atoms with E-state index in [0.717, 1.165) is 16.9 Å². The molecule has 5 heteroatoms. The number of ether oxygens (including phenoxy) is 1. The molecule has 2 aromatic carbocycles. The Morgan fingerprint density at radius 2 is 1.88 bits per heavy atom. The van der Waals surface area contributed by atoms with Crippen LogP contribution in [0.25, 0.3) is 0 Å². The smallest absolute Gasteiger partial charge is 0.320 e. The Morgan fingerprint density at radius 3 is 2.50 bits per heavy atom. The minimum atomic E-state index is -0.833. The van der Waals surface area contributed by atoms with E-state index in [-0.39, 0.29) is 5.92 Å². The first-order chi connectivity index (χ1) is 11.5. The van der Waals surface area contributed by atoms with Crippen molar-refractivity contribution >= 4 is 17.6 Å². The maximum absolute atomic E-state index is 11.2. The van der Waals surface area contributed by atoms with Crippen molar-refractivity contribution in [3.05, 3.63) is 64.7 Å². The minimum Gasteiger partial charge on any atom is -0.489 e. The van der Waals surface area contributed by atoms with Crippen molar-refractivity contribution in [2.75, 3.05) is 0 Å². The van der Waals surface area contributed by atoms with Crippen molar-refractivity contribution in [2.24, 2.45) is 5.92 Å². The van der Waals surface area contributed by atoms with Crippen molar-refractivity contribution in [3.8, 4) is 5.75 Å². The van der Waals surface area contributed by atoms with E-state index >= 15 is 0 Å². The number of rotatable bonds is 8. The molecular weight excluding hydrogens is 326 g/mol. The van der Waals surface area contributed by atoms with E-state index in [0.29, 0.717) is 18.2 Å². The number of nitrogens with one attached hydrogen (secondary N) is 1. The largest absolute Gasteiger partial charge is 0.489 e. The lowest BCUT2D eigenvalue weighted by atomic mass is 10.0. The third-order valence-corrected chi connectivity index (χ3v) is 3.93. The summed E-state index contributed by atoms with van der Waals surface area (Å²) in [7, 11) is 0. The van der Waals surface area contributed by atoms with E-state index in [1.807, 2.05) is 62.4 Å². The van der Waals surface area contributed by atoms with Crippen LogP contribution in [0.4, 0.5) is 0 Å². The predicted molar refractivity (Wildman–Crippen MR) is 95.3 cm³/mol. The molecule has 0 saturated carbocycles. The van der Waals surface area contributed by atoms with E-state index in [4.69, 9.17) is 16.3 Å². The van der Waals surface area contributed by atoms with Crippen LogP contribution < -0.4 is 10.1 Å². The van der Waals surface area contributed by atoms with Crippen LogP contribution in [0.15, 0.2) is 48.5 Å². The fourth-order valence-electron chi connectivity index (χ4n) is 2.33. The van der Waals surface area contributed by atoms with E-state index in [1.54, 1.807) is 0 Å². The highest BCUT2D eigenvalue weighted by Crippen LogP contribution is 2.17. The summed E-state index contributed by atoms with van der Waals surface area (Å²) in [4.78, 5) is 11.2. The van der Waals surface area contributed by atoms with E-state index in [2.05, 4.69) is 5.32 Å². The van der Waals surface area contributed by atoms with Gasteiger partial charge >= 0.3 is 5.97 Å². The molecule has 0 spiro atoms. The van der Waals surface area contributed by atoms with Crippen molar-refractivity contribution in [1.29, 1.82) is 0 Å². The van der Waals surface area contributed by atoms with Crippen LogP contribution in [0.2, 0.25) is 5.02 Å². The van der Waals surface area contributed by atoms with Crippen LogP contribution in [0.1, 0.15) is 25.0 Å². The summed E-state index contributed by atoms with van der Waals surface area (Å²) < 4.78 is 5.79. The van der Waals surface area contributed by atoms with Gasteiger partial charge in [-0.15, -0.1) is 0 Å². The van der Waals surface area contributed by atoms with Gasteiger partial charge in [-0.25, -0.2) is 0 Å². The molecular formula is C19H22ClNO3. The van der Waals surface area contributed by atoms with Gasteiger partial charge in [-0.05, 0) is 41.3 Å². The molecule has 2 rings (SSSR count). The number of aliphatic carboxylic acids is 1. The first-order valence-corrected chi connectivity index (χ1v) is 8.26. The first kappa shape index (κ1) is 18.3. The molecule has 0 amide bonds. The van der Waals surface area contributed by atoms with Crippen LogP contribution in [-0.4, -0.2) is 17.1 Å². The highest BCUT2D eigenvalue weighted by atomic mass is 35.5. The maximum Gasteiger partial charge on any atom is 0.320 e. The number of carboxylic acids is 1. The topological polar surface area (TPSA) is 58.6 Å². The van der Waals surface area contributed by atoms with Gasteiger partial charge in [0.15, 0.2) is 0 Å². The highest BCUT2D eigenvalue weighted by molar-refractivity contribution is 6.30. The third kappa shape index (κ3) is 5.55. The van der Waals surface area contributed by atoms with Crippen molar-refractivity contribution in [1.82, 2.24) is 5.32 Å². The number of benzene rings is 2. The molecule has 0 fully saturated rings. The zero-order chi connectivity index (χ0) is 17.5. The highest BCUT2D eigenvalue weighted by Gasteiger charge is 2.20. The summed E-state index contributed by atoms with van der Waals surface area (Å²) in [6, 6.07) is 14.6. The average molecular weight is 348 g/mol. The molecule has 0 aliphatic carbocycles. The first-order valence-electron chi connectivity index (χ1n) is 7.88. The molecule has 0 heterocycles. The SMILES string of the molecule is CC(C)C(NCc1cccc(OCc2ccc(Cl)cc2)c1)C(=O)O. The molecule has 0 aromatic heterocycles. The zero-order valence-corrected chi connectivity index (χ0v) is 14.6. The summed E-state index contributed by atoms with van der Waals surface area (Å²) in [6.07, 6.45) is 0. The van der Waals surface area contributed by atoms with Gasteiger partial charge in [-0.3, -0.25) is 4.79 Å². The quantitative estimate of drug-likeness (QED) is 0.754. The summed E-state index contributed by atoms with van der Waals surface area (Å²) >= 11 is 5.86. The van der Waals surface area contributed by atoms with E-state index in [9.17, 15) is 9.90 Å². The Kier molecular flexibility index (Phi) is 6.64. The van der Waals surface area contributed by atoms with Crippen LogP contribution >= 0.6 is 11.6 Å². The van der Waals surface area contributed by atoms with Gasteiger partial charge in [-0.1, -0.05) is 49.7 Å². The van der Waals surface area contributed by atoms with Gasteiger partial charge in [0, 0.05) is 11.6 Å². The lowest BCUT2D eigenvalue weighted by molar-refractivity contribution is -0.140. The van der Waals surface area contributed by atoms with Crippen molar-refractivity contribution in [2.45, 2.75) is 33.0 Å². The minimum absolute atomic E-state index is 0.0202. The third-order valence-electron chi connectivity index (χ3n) is 3.68. The molecule has 4 nitrogen and oxygen atoms in total. The van der Waals surface area contributed by atoms with Gasteiger partial charge < -0.3 is 15.2 Å². The zero-order valence-electron chi connectivity index (χ0n) is 13.8. The molecule has 0 aliphatic rings. The van der Waals surface area contributed by atoms with Crippen LogP contribution in [0, 0.1) is 5.92 Å². The molecule has 0 saturated heterocycles. The molecule has 0 radical (unpaired) electrons. The van der Waals surface area contributed by atoms with Gasteiger partial charge in [0.1, 0.15) is 18.4 Å². The summed E-state index contributed by atoms with van der Waals surface area (Å²) in [5, 5.41) is 13.0. The van der Waals surface area contributed by atoms with Gasteiger partial charge in [0.2, 0.25) is 0 Å². The lowest BCUT2D eigenvalue weighted by Crippen LogP contribution is -2.40. The number of carboxylic acid groups (broad SMARTS) is 1. The number of carbonyl (C=O) groups is 1. The Labute approximate surface area is 147 Å². The standard InChI is InChI=1S/C19H22ClNO3/c1-13(2)18(19(22)23)21-11-15-4-3-5-17(10-15)24-12-14-6-8-16(20)9-7-14/h3-10,13,18,21H,11-12H2,1-2H3,(H,22,23). The van der Waals surface area contributed by atoms with E-state index < -0.39 is 12.0 Å². The Morgan fingerprint density at radius 1 is 1.17 bits per heavy atom. The van der Waals surface area contributed by atoms with Crippen LogP contribution in [0.3, 0.4) is 0 Å². The molecule has 0 bridgehead atoms. The van der Waals surface area contributed by atoms with Crippen molar-refractivity contribution in [3.63, 3.8) is 0 Å². The van der Waals surface area contributed by atoms with Crippen LogP contribution in [0.5, 0.6) is 5.75 Å². The maximum atomic E-state index is 11.2. The second kappa shape index (κ2) is 8.71. The molecule has 128 valence electrons. The fourth-order valence-corrected chi connectivity index (χ4v) is 2.45. The molecule has 2 N–H and O–H groups in total. The second-order valence-electron chi connectivity index (χ2n) is 6.00. The monoisotopic (exact) mass is 347 g/mol. The van der Waals surface area contributed by atoms with Gasteiger partial charge in [0.05, 0.1) is 0 Å². The Hall–Kier alpha value is -2.04. The normalized spacial score (nSPS) is 12.2. The molecule has 1 unspecified atom stereocenters. The number of hydrogen-bond donors (Lipinski definition) is 2. The van der Waals surface area contributed by atoms with Crippen LogP contribution in [-0.2, 0) is 17.9 Å². The van der Waals surface area contributed by atoms with E-state index in [1.165, 1.54) is 0 Å². The Balaban J connectivity index is 1.93. The molecule has 24 heavy (non-hydrogen) atoms. The molecule has 1 atom stereocenters. The fraction of sp³-hybridized carbons (Fsp3) is 0.316. The summed E-state index contributed by atoms with van der Waals surface area (Å²) in [5.41, 5.74) is 2.02. The lowest BCUT2D eigenvalue weighted by Gasteiger charge is -2.18. The molecule has 0 aliphatic heterocycles. The van der Waals surface area contributed by atoms with Gasteiger partial charge in [0.25, 0.3) is 0 Å².